The van der Waals surface area contributed by atoms with Crippen molar-refractivity contribution in [1.82, 2.24) is 25.0 Å². The van der Waals surface area contributed by atoms with Crippen molar-refractivity contribution in [2.75, 3.05) is 44.7 Å². The number of rotatable bonds is 7. The van der Waals surface area contributed by atoms with E-state index in [9.17, 15) is 9.18 Å². The van der Waals surface area contributed by atoms with Gasteiger partial charge >= 0.3 is 0 Å². The lowest BCUT2D eigenvalue weighted by molar-refractivity contribution is 0.00153. The van der Waals surface area contributed by atoms with Gasteiger partial charge in [-0.1, -0.05) is 23.7 Å². The smallest absolute Gasteiger partial charge is 0.270 e. The zero-order valence-electron chi connectivity index (χ0n) is 22.8. The molecule has 2 aliphatic heterocycles. The van der Waals surface area contributed by atoms with Gasteiger partial charge in [-0.25, -0.2) is 4.39 Å². The molecule has 0 aliphatic carbocycles. The molecule has 2 N–H and O–H groups in total. The number of aryl methyl sites for hydroxylation is 1. The molecule has 9 nitrogen and oxygen atoms in total. The topological polar surface area (TPSA) is 95.6 Å². The largest absolute Gasteiger partial charge is 0.487 e. The fraction of sp³-hybridized carbons (Fsp3) is 0.367. The van der Waals surface area contributed by atoms with Gasteiger partial charge in [-0.15, -0.1) is 5.10 Å². The lowest BCUT2D eigenvalue weighted by atomic mass is 10.0. The van der Waals surface area contributed by atoms with Gasteiger partial charge in [0.1, 0.15) is 23.9 Å². The van der Waals surface area contributed by atoms with Gasteiger partial charge in [0.25, 0.3) is 5.91 Å². The number of halogens is 2. The minimum atomic E-state index is -0.315. The molecule has 0 spiro atoms. The molecule has 41 heavy (non-hydrogen) atoms. The molecule has 0 unspecified atom stereocenters. The van der Waals surface area contributed by atoms with E-state index in [0.717, 1.165) is 68.7 Å². The van der Waals surface area contributed by atoms with Crippen molar-refractivity contribution in [1.29, 1.82) is 0 Å². The van der Waals surface area contributed by atoms with Gasteiger partial charge in [-0.05, 0) is 61.2 Å². The van der Waals surface area contributed by atoms with E-state index in [4.69, 9.17) is 21.1 Å². The van der Waals surface area contributed by atoms with Crippen LogP contribution < -0.4 is 10.1 Å². The van der Waals surface area contributed by atoms with E-state index in [-0.39, 0.29) is 18.3 Å². The number of aromatic nitrogens is 3. The van der Waals surface area contributed by atoms with E-state index in [2.05, 4.69) is 25.4 Å². The van der Waals surface area contributed by atoms with Crippen LogP contribution in [0, 0.1) is 12.7 Å². The summed E-state index contributed by atoms with van der Waals surface area (Å²) < 4.78 is 24.7. The second-order valence-corrected chi connectivity index (χ2v) is 10.9. The number of nitrogens with one attached hydrogen (secondary N) is 2. The van der Waals surface area contributed by atoms with E-state index in [0.29, 0.717) is 39.6 Å². The van der Waals surface area contributed by atoms with Gasteiger partial charge in [0, 0.05) is 43.3 Å². The van der Waals surface area contributed by atoms with Gasteiger partial charge in [0.2, 0.25) is 0 Å². The summed E-state index contributed by atoms with van der Waals surface area (Å²) in [5.74, 6) is 0.679. The number of H-pyrrole nitrogens is 1. The van der Waals surface area contributed by atoms with Crippen molar-refractivity contribution in [3.05, 3.63) is 76.3 Å². The number of nitrogens with zero attached hydrogens (tertiary/aromatic N) is 4. The maximum absolute atomic E-state index is 13.6. The molecule has 0 bridgehead atoms. The van der Waals surface area contributed by atoms with Crippen molar-refractivity contribution in [3.8, 4) is 5.75 Å². The van der Waals surface area contributed by atoms with Gasteiger partial charge < -0.3 is 24.7 Å². The highest BCUT2D eigenvalue weighted by Crippen LogP contribution is 2.33. The third-order valence-electron chi connectivity index (χ3n) is 7.87. The zero-order valence-corrected chi connectivity index (χ0v) is 23.6. The SMILES string of the molecule is Cc1c(C(=O)N2CCC(N3CCOCC3)CC2)[nH]c2cnnc(Nc3ccc(OCc4cccc(F)c4)c(Cl)c3)c12. The zero-order chi connectivity index (χ0) is 28.3. The highest BCUT2D eigenvalue weighted by atomic mass is 35.5. The third-order valence-corrected chi connectivity index (χ3v) is 8.16. The van der Waals surface area contributed by atoms with E-state index in [1.165, 1.54) is 12.1 Å². The summed E-state index contributed by atoms with van der Waals surface area (Å²) in [7, 11) is 0. The van der Waals surface area contributed by atoms with Crippen LogP contribution in [0.4, 0.5) is 15.9 Å². The maximum Gasteiger partial charge on any atom is 0.270 e. The second-order valence-electron chi connectivity index (χ2n) is 10.5. The number of amides is 1. The molecule has 0 atom stereocenters. The average Bonchev–Trinajstić information content (AvgIpc) is 3.34. The predicted octanol–water partition coefficient (Wildman–Crippen LogP) is 5.32. The number of fused-ring (bicyclic) bond motifs is 1. The molecule has 6 rings (SSSR count). The Morgan fingerprint density at radius 3 is 2.73 bits per heavy atom. The van der Waals surface area contributed by atoms with Crippen molar-refractivity contribution in [3.63, 3.8) is 0 Å². The molecule has 2 aromatic carbocycles. The molecule has 4 heterocycles. The molecule has 0 saturated carbocycles. The lowest BCUT2D eigenvalue weighted by Gasteiger charge is -2.40. The molecular weight excluding hydrogens is 547 g/mol. The van der Waals surface area contributed by atoms with Crippen molar-refractivity contribution in [2.24, 2.45) is 0 Å². The first kappa shape index (κ1) is 27.4. The van der Waals surface area contributed by atoms with E-state index in [1.807, 2.05) is 17.9 Å². The minimum Gasteiger partial charge on any atom is -0.487 e. The summed E-state index contributed by atoms with van der Waals surface area (Å²) in [4.78, 5) is 21.3. The number of carbonyl (C=O) groups is 1. The Morgan fingerprint density at radius 1 is 1.17 bits per heavy atom. The highest BCUT2D eigenvalue weighted by Gasteiger charge is 2.30. The summed E-state index contributed by atoms with van der Waals surface area (Å²) >= 11 is 6.49. The Hall–Kier alpha value is -3.73. The molecule has 214 valence electrons. The number of ether oxygens (including phenoxy) is 2. The third kappa shape index (κ3) is 6.00. The number of morpholine rings is 1. The molecule has 11 heteroatoms. The molecule has 2 fully saturated rings. The van der Waals surface area contributed by atoms with Crippen LogP contribution >= 0.6 is 11.6 Å². The fourth-order valence-electron chi connectivity index (χ4n) is 5.67. The van der Waals surface area contributed by atoms with Crippen LogP contribution in [0.1, 0.15) is 34.5 Å². The lowest BCUT2D eigenvalue weighted by Crippen LogP contribution is -2.50. The van der Waals surface area contributed by atoms with Crippen LogP contribution in [0.3, 0.4) is 0 Å². The Labute approximate surface area is 242 Å². The first-order valence-corrected chi connectivity index (χ1v) is 14.2. The Bertz CT molecular complexity index is 1550. The Balaban J connectivity index is 1.14. The number of anilines is 2. The van der Waals surface area contributed by atoms with E-state index >= 15 is 0 Å². The molecule has 2 aliphatic rings. The summed E-state index contributed by atoms with van der Waals surface area (Å²) in [6.07, 6.45) is 3.55. The fourth-order valence-corrected chi connectivity index (χ4v) is 5.91. The molecular formula is C30H32ClFN6O3. The van der Waals surface area contributed by atoms with Crippen LogP contribution in [-0.4, -0.2) is 76.3 Å². The van der Waals surface area contributed by atoms with Gasteiger partial charge in [0.05, 0.1) is 29.9 Å². The van der Waals surface area contributed by atoms with Crippen LogP contribution in [0.25, 0.3) is 10.9 Å². The van der Waals surface area contributed by atoms with Crippen LogP contribution in [0.2, 0.25) is 5.02 Å². The summed E-state index contributed by atoms with van der Waals surface area (Å²) in [6, 6.07) is 12.0. The number of carbonyl (C=O) groups excluding carboxylic acids is 1. The number of piperidine rings is 1. The molecule has 2 aromatic heterocycles. The van der Waals surface area contributed by atoms with Gasteiger partial charge in [-0.3, -0.25) is 9.69 Å². The predicted molar refractivity (Wildman–Crippen MR) is 155 cm³/mol. The molecule has 2 saturated heterocycles. The Kier molecular flexibility index (Phi) is 8.04. The number of hydrogen-bond acceptors (Lipinski definition) is 7. The number of hydrogen-bond donors (Lipinski definition) is 2. The number of likely N-dealkylation sites (tertiary alicyclic amines) is 1. The number of aromatic amines is 1. The summed E-state index contributed by atoms with van der Waals surface area (Å²) in [5, 5.41) is 12.9. The van der Waals surface area contributed by atoms with Crippen LogP contribution in [0.15, 0.2) is 48.7 Å². The minimum absolute atomic E-state index is 0.00655. The normalized spacial score (nSPS) is 16.7. The number of benzene rings is 2. The standard InChI is InChI=1S/C30H32ClFN6O3/c1-19-27-25(35-28(19)30(39)38-9-7-23(8-10-38)37-11-13-40-14-12-37)17-33-36-29(27)34-22-5-6-26(24(31)16-22)41-18-20-3-2-4-21(32)15-20/h2-6,15-17,23,35H,7-14,18H2,1H3,(H,34,36). The van der Waals surface area contributed by atoms with E-state index in [1.54, 1.807) is 30.5 Å². The van der Waals surface area contributed by atoms with Gasteiger partial charge in [-0.2, -0.15) is 5.10 Å². The molecule has 0 radical (unpaired) electrons. The van der Waals surface area contributed by atoms with Gasteiger partial charge in [0.15, 0.2) is 5.82 Å². The van der Waals surface area contributed by atoms with Crippen LogP contribution in [0.5, 0.6) is 5.75 Å². The summed E-state index contributed by atoms with van der Waals surface area (Å²) in [5.41, 5.74) is 3.50. The Morgan fingerprint density at radius 2 is 1.98 bits per heavy atom. The second kappa shape index (κ2) is 12.0. The van der Waals surface area contributed by atoms with Crippen molar-refractivity contribution < 1.29 is 18.7 Å². The van der Waals surface area contributed by atoms with E-state index < -0.39 is 0 Å². The first-order chi connectivity index (χ1) is 20.0. The average molecular weight is 579 g/mol. The molecule has 1 amide bonds. The quantitative estimate of drug-likeness (QED) is 0.306. The van der Waals surface area contributed by atoms with Crippen molar-refractivity contribution in [2.45, 2.75) is 32.4 Å². The highest BCUT2D eigenvalue weighted by molar-refractivity contribution is 6.32. The first-order valence-electron chi connectivity index (χ1n) is 13.8. The monoisotopic (exact) mass is 578 g/mol. The van der Waals surface area contributed by atoms with Crippen molar-refractivity contribution >= 4 is 39.9 Å². The molecule has 4 aromatic rings. The van der Waals surface area contributed by atoms with Crippen LogP contribution in [-0.2, 0) is 11.3 Å². The maximum atomic E-state index is 13.6. The summed E-state index contributed by atoms with van der Waals surface area (Å²) in [6.45, 7) is 7.07.